The maximum atomic E-state index is 13.5. The van der Waals surface area contributed by atoms with Crippen molar-refractivity contribution in [2.45, 2.75) is 88.1 Å². The van der Waals surface area contributed by atoms with E-state index < -0.39 is 33.3 Å². The van der Waals surface area contributed by atoms with Crippen LogP contribution < -0.4 is 14.4 Å². The second-order valence-electron chi connectivity index (χ2n) is 13.6. The van der Waals surface area contributed by atoms with Gasteiger partial charge in [-0.25, -0.2) is 17.9 Å². The molecule has 1 N–H and O–H groups in total. The standard InChI is InChI=1S/C36H45ClN2O7S/c1-4-28-9-5-6-10-32(46-23(2)35(41)44-3)29-14-11-26(29)20-39-21-36(17-7-8-24-18-27(37)13-15-30(24)36)22-45-33-16-12-25(19-31(33)39)34(40)38-47(28,42)43/h6,10,12-13,15-16,18-19,23,26,28-29,32H,4-5,7-9,11,14,17,20-22H2,1-3H3,(H,38,40)/b10-6-/t23-,26-,28+,29+,32-,36-/m0/s1. The number of allylic oxidation sites excluding steroid dienone is 1. The molecule has 254 valence electrons. The van der Waals surface area contributed by atoms with Gasteiger partial charge in [0.05, 0.1) is 30.8 Å². The number of carbonyl (C=O) groups is 2. The number of esters is 1. The summed E-state index contributed by atoms with van der Waals surface area (Å²) < 4.78 is 47.0. The zero-order valence-electron chi connectivity index (χ0n) is 27.4. The molecule has 0 radical (unpaired) electrons. The molecule has 11 heteroatoms. The van der Waals surface area contributed by atoms with Crippen LogP contribution in [0.15, 0.2) is 48.6 Å². The summed E-state index contributed by atoms with van der Waals surface area (Å²) in [5.74, 6) is -0.0159. The van der Waals surface area contributed by atoms with E-state index in [1.807, 2.05) is 25.1 Å². The molecule has 1 fully saturated rings. The summed E-state index contributed by atoms with van der Waals surface area (Å²) in [5, 5.41) is -0.0219. The number of hydrogen-bond donors (Lipinski definition) is 1. The molecule has 2 aliphatic heterocycles. The van der Waals surface area contributed by atoms with Crippen LogP contribution in [0.3, 0.4) is 0 Å². The minimum absolute atomic E-state index is 0.143. The van der Waals surface area contributed by atoms with E-state index in [1.165, 1.54) is 18.2 Å². The third-order valence-electron chi connectivity index (χ3n) is 10.7. The predicted molar refractivity (Wildman–Crippen MR) is 182 cm³/mol. The van der Waals surface area contributed by atoms with Gasteiger partial charge in [0.1, 0.15) is 5.75 Å². The molecule has 2 aliphatic carbocycles. The summed E-state index contributed by atoms with van der Waals surface area (Å²) in [6.07, 6.45) is 8.89. The van der Waals surface area contributed by atoms with Gasteiger partial charge in [-0.3, -0.25) is 4.79 Å². The molecule has 47 heavy (non-hydrogen) atoms. The van der Waals surface area contributed by atoms with E-state index in [-0.39, 0.29) is 28.9 Å². The highest BCUT2D eigenvalue weighted by molar-refractivity contribution is 7.90. The molecule has 0 saturated heterocycles. The fourth-order valence-electron chi connectivity index (χ4n) is 7.90. The van der Waals surface area contributed by atoms with Gasteiger partial charge in [0.15, 0.2) is 6.10 Å². The molecule has 2 aromatic rings. The van der Waals surface area contributed by atoms with Crippen molar-refractivity contribution in [3.05, 3.63) is 70.3 Å². The molecular formula is C36H45ClN2O7S. The van der Waals surface area contributed by atoms with Crippen molar-refractivity contribution in [2.75, 3.05) is 31.7 Å². The van der Waals surface area contributed by atoms with Gasteiger partial charge in [0.25, 0.3) is 5.91 Å². The van der Waals surface area contributed by atoms with Crippen LogP contribution in [-0.4, -0.2) is 64.6 Å². The minimum Gasteiger partial charge on any atom is -0.490 e. The number of benzene rings is 2. The molecule has 2 aromatic carbocycles. The highest BCUT2D eigenvalue weighted by Gasteiger charge is 2.45. The maximum Gasteiger partial charge on any atom is 0.334 e. The molecule has 2 bridgehead atoms. The van der Waals surface area contributed by atoms with E-state index in [0.717, 1.165) is 42.8 Å². The number of amides is 1. The van der Waals surface area contributed by atoms with Crippen LogP contribution >= 0.6 is 11.6 Å². The number of ether oxygens (including phenoxy) is 3. The van der Waals surface area contributed by atoms with Gasteiger partial charge >= 0.3 is 5.97 Å². The Balaban J connectivity index is 1.42. The molecule has 4 aliphatic rings. The van der Waals surface area contributed by atoms with Crippen molar-refractivity contribution in [2.24, 2.45) is 11.8 Å². The van der Waals surface area contributed by atoms with E-state index >= 15 is 0 Å². The van der Waals surface area contributed by atoms with Crippen LogP contribution in [0.5, 0.6) is 5.75 Å². The molecule has 2 heterocycles. The number of aryl methyl sites for hydroxylation is 1. The number of sulfonamides is 1. The molecule has 0 aromatic heterocycles. The molecule has 0 unspecified atom stereocenters. The third-order valence-corrected chi connectivity index (χ3v) is 12.8. The lowest BCUT2D eigenvalue weighted by atomic mass is 9.68. The summed E-state index contributed by atoms with van der Waals surface area (Å²) in [5.41, 5.74) is 3.22. The zero-order chi connectivity index (χ0) is 33.3. The largest absolute Gasteiger partial charge is 0.490 e. The van der Waals surface area contributed by atoms with Gasteiger partial charge in [-0.15, -0.1) is 0 Å². The Labute approximate surface area is 283 Å². The number of carbonyl (C=O) groups excluding carboxylic acids is 2. The van der Waals surface area contributed by atoms with Crippen LogP contribution in [0, 0.1) is 11.8 Å². The highest BCUT2D eigenvalue weighted by atomic mass is 35.5. The van der Waals surface area contributed by atoms with Crippen LogP contribution in [-0.2, 0) is 36.1 Å². The molecule has 1 amide bonds. The smallest absolute Gasteiger partial charge is 0.334 e. The average Bonchev–Trinajstić information content (AvgIpc) is 3.18. The van der Waals surface area contributed by atoms with E-state index in [1.54, 1.807) is 25.1 Å². The topological polar surface area (TPSA) is 111 Å². The molecular weight excluding hydrogens is 640 g/mol. The lowest BCUT2D eigenvalue weighted by Crippen LogP contribution is -2.50. The van der Waals surface area contributed by atoms with E-state index in [2.05, 4.69) is 21.8 Å². The highest BCUT2D eigenvalue weighted by Crippen LogP contribution is 2.47. The first-order valence-corrected chi connectivity index (χ1v) is 18.7. The zero-order valence-corrected chi connectivity index (χ0v) is 28.9. The van der Waals surface area contributed by atoms with Gasteiger partial charge in [-0.05, 0) is 112 Å². The Kier molecular flexibility index (Phi) is 9.93. The van der Waals surface area contributed by atoms with Crippen LogP contribution in [0.4, 0.5) is 5.69 Å². The van der Waals surface area contributed by atoms with Crippen molar-refractivity contribution in [1.82, 2.24) is 4.72 Å². The number of nitrogens with one attached hydrogen (secondary N) is 1. The number of nitrogens with zero attached hydrogens (tertiary/aromatic N) is 1. The van der Waals surface area contributed by atoms with E-state index in [4.69, 9.17) is 25.8 Å². The number of anilines is 1. The third kappa shape index (κ3) is 6.92. The van der Waals surface area contributed by atoms with Crippen molar-refractivity contribution in [3.8, 4) is 5.75 Å². The Morgan fingerprint density at radius 2 is 2.02 bits per heavy atom. The second-order valence-corrected chi connectivity index (χ2v) is 16.0. The summed E-state index contributed by atoms with van der Waals surface area (Å²) >= 11 is 6.43. The Hall–Kier alpha value is -3.08. The molecule has 6 atom stereocenters. The lowest BCUT2D eigenvalue weighted by molar-refractivity contribution is -0.158. The van der Waals surface area contributed by atoms with Gasteiger partial charge < -0.3 is 19.1 Å². The number of rotatable bonds is 4. The summed E-state index contributed by atoms with van der Waals surface area (Å²) in [6.45, 7) is 5.34. The Bertz CT molecular complexity index is 1650. The van der Waals surface area contributed by atoms with Crippen LogP contribution in [0.25, 0.3) is 0 Å². The molecule has 6 rings (SSSR count). The van der Waals surface area contributed by atoms with Gasteiger partial charge in [0.2, 0.25) is 10.0 Å². The Morgan fingerprint density at radius 3 is 2.77 bits per heavy atom. The quantitative estimate of drug-likeness (QED) is 0.310. The number of fused-ring (bicyclic) bond motifs is 4. The second kappa shape index (κ2) is 13.8. The lowest BCUT2D eigenvalue weighted by Gasteiger charge is -2.46. The van der Waals surface area contributed by atoms with E-state index in [0.29, 0.717) is 44.7 Å². The SMILES string of the molecule is CC[C@@H]1CC/C=C\[C@H](O[C@@H](C)C(=O)OC)[C@@H]2CC[C@H]2CN2C[C@@]3(CCCc4cc(Cl)ccc43)COc3ccc(cc32)C(=O)NS1(=O)=O. The first-order chi connectivity index (χ1) is 22.5. The van der Waals surface area contributed by atoms with Crippen molar-refractivity contribution < 1.29 is 32.2 Å². The first kappa shape index (κ1) is 33.8. The average molecular weight is 685 g/mol. The summed E-state index contributed by atoms with van der Waals surface area (Å²) in [4.78, 5) is 28.2. The minimum atomic E-state index is -3.94. The van der Waals surface area contributed by atoms with Crippen molar-refractivity contribution in [1.29, 1.82) is 0 Å². The van der Waals surface area contributed by atoms with Crippen LogP contribution in [0.2, 0.25) is 5.02 Å². The summed E-state index contributed by atoms with van der Waals surface area (Å²) in [6, 6.07) is 11.4. The van der Waals surface area contributed by atoms with Crippen molar-refractivity contribution in [3.63, 3.8) is 0 Å². The fourth-order valence-corrected chi connectivity index (χ4v) is 9.52. The summed E-state index contributed by atoms with van der Waals surface area (Å²) in [7, 11) is -2.58. The first-order valence-electron chi connectivity index (χ1n) is 16.8. The van der Waals surface area contributed by atoms with Gasteiger partial charge in [0, 0.05) is 29.1 Å². The predicted octanol–water partition coefficient (Wildman–Crippen LogP) is 5.97. The monoisotopic (exact) mass is 684 g/mol. The maximum absolute atomic E-state index is 13.5. The van der Waals surface area contributed by atoms with Gasteiger partial charge in [-0.2, -0.15) is 0 Å². The normalized spacial score (nSPS) is 30.0. The number of methoxy groups -OCH3 is 1. The van der Waals surface area contributed by atoms with Crippen LogP contribution in [0.1, 0.15) is 80.3 Å². The Morgan fingerprint density at radius 1 is 1.19 bits per heavy atom. The molecule has 1 saturated carbocycles. The van der Waals surface area contributed by atoms with Crippen molar-refractivity contribution >= 4 is 39.2 Å². The molecule has 9 nitrogen and oxygen atoms in total. The number of hydrogen-bond acceptors (Lipinski definition) is 8. The fraction of sp³-hybridized carbons (Fsp3) is 0.556. The van der Waals surface area contributed by atoms with Gasteiger partial charge in [-0.1, -0.05) is 36.7 Å². The molecule has 1 spiro atoms. The number of halogens is 1. The van der Waals surface area contributed by atoms with E-state index in [9.17, 15) is 18.0 Å².